The van der Waals surface area contributed by atoms with Crippen LogP contribution < -0.4 is 16.0 Å². The van der Waals surface area contributed by atoms with Crippen LogP contribution in [0.15, 0.2) is 30.6 Å². The summed E-state index contributed by atoms with van der Waals surface area (Å²) in [5.41, 5.74) is 2.87. The summed E-state index contributed by atoms with van der Waals surface area (Å²) < 4.78 is 1.65. The number of aryl methyl sites for hydroxylation is 2. The third-order valence-electron chi connectivity index (χ3n) is 4.28. The van der Waals surface area contributed by atoms with Gasteiger partial charge in [0, 0.05) is 36.1 Å². The largest absolute Gasteiger partial charge is 0.349 e. The summed E-state index contributed by atoms with van der Waals surface area (Å²) in [6.07, 6.45) is 5.53. The number of likely N-dealkylation sites (N-methyl/N-ethyl adjacent to an activating group) is 1. The molecule has 0 aliphatic heterocycles. The molecular formula is C18H24ClN5O2. The predicted octanol–water partition coefficient (Wildman–Crippen LogP) is 1.94. The molecule has 8 heteroatoms. The van der Waals surface area contributed by atoms with Crippen LogP contribution in [-0.2, 0) is 11.8 Å². The summed E-state index contributed by atoms with van der Waals surface area (Å²) in [4.78, 5) is 24.9. The van der Waals surface area contributed by atoms with Gasteiger partial charge in [0.15, 0.2) is 0 Å². The third kappa shape index (κ3) is 4.62. The highest BCUT2D eigenvalue weighted by Crippen LogP contribution is 2.22. The van der Waals surface area contributed by atoms with Crippen molar-refractivity contribution in [2.75, 3.05) is 12.4 Å². The number of carbonyl (C=O) groups is 2. The van der Waals surface area contributed by atoms with Crippen molar-refractivity contribution in [1.82, 2.24) is 20.4 Å². The van der Waals surface area contributed by atoms with Gasteiger partial charge in [0.1, 0.15) is 6.04 Å². The number of halogens is 1. The maximum atomic E-state index is 12.7. The van der Waals surface area contributed by atoms with Crippen molar-refractivity contribution >= 4 is 29.9 Å². The van der Waals surface area contributed by atoms with E-state index in [1.165, 1.54) is 0 Å². The minimum absolute atomic E-state index is 0. The maximum Gasteiger partial charge on any atom is 0.251 e. The molecule has 2 aromatic rings. The number of carbonyl (C=O) groups excluding carboxylic acids is 2. The summed E-state index contributed by atoms with van der Waals surface area (Å²) in [5, 5.41) is 13.0. The highest BCUT2D eigenvalue weighted by molar-refractivity contribution is 5.99. The van der Waals surface area contributed by atoms with Crippen molar-refractivity contribution in [3.8, 4) is 0 Å². The molecule has 140 valence electrons. The summed E-state index contributed by atoms with van der Waals surface area (Å²) >= 11 is 0. The number of hydrogen-bond acceptors (Lipinski definition) is 4. The number of hydrogen-bond donors (Lipinski definition) is 3. The number of nitrogens with one attached hydrogen (secondary N) is 3. The molecule has 1 atom stereocenters. The summed E-state index contributed by atoms with van der Waals surface area (Å²) in [7, 11) is 3.53. The molecule has 1 aliphatic rings. The number of nitrogens with zero attached hydrogens (tertiary/aromatic N) is 2. The highest BCUT2D eigenvalue weighted by Gasteiger charge is 2.24. The van der Waals surface area contributed by atoms with Crippen molar-refractivity contribution in [3.63, 3.8) is 0 Å². The lowest BCUT2D eigenvalue weighted by Gasteiger charge is -2.16. The van der Waals surface area contributed by atoms with E-state index in [9.17, 15) is 9.59 Å². The lowest BCUT2D eigenvalue weighted by atomic mass is 10.1. The topological polar surface area (TPSA) is 88.1 Å². The molecule has 0 saturated heterocycles. The van der Waals surface area contributed by atoms with Crippen LogP contribution in [0.25, 0.3) is 0 Å². The Balaban J connectivity index is 0.00000243. The smallest absolute Gasteiger partial charge is 0.251 e. The molecule has 1 saturated carbocycles. The van der Waals surface area contributed by atoms with E-state index in [0.717, 1.165) is 24.0 Å². The fraction of sp³-hybridized carbons (Fsp3) is 0.389. The van der Waals surface area contributed by atoms with Crippen LogP contribution in [0.2, 0.25) is 0 Å². The van der Waals surface area contributed by atoms with E-state index in [1.54, 1.807) is 43.3 Å². The first-order valence-corrected chi connectivity index (χ1v) is 8.36. The Hall–Kier alpha value is -2.38. The van der Waals surface area contributed by atoms with Gasteiger partial charge in [0.05, 0.1) is 6.20 Å². The second kappa shape index (κ2) is 8.33. The fourth-order valence-corrected chi connectivity index (χ4v) is 2.64. The molecule has 1 aromatic carbocycles. The van der Waals surface area contributed by atoms with Gasteiger partial charge in [-0.3, -0.25) is 14.3 Å². The van der Waals surface area contributed by atoms with Gasteiger partial charge in [-0.05, 0) is 44.5 Å². The van der Waals surface area contributed by atoms with Gasteiger partial charge in [0.2, 0.25) is 5.91 Å². The molecule has 0 bridgehead atoms. The Kier molecular flexibility index (Phi) is 6.39. The first-order valence-electron chi connectivity index (χ1n) is 8.36. The molecular weight excluding hydrogens is 354 g/mol. The Morgan fingerprint density at radius 2 is 2.04 bits per heavy atom. The van der Waals surface area contributed by atoms with E-state index < -0.39 is 6.04 Å². The van der Waals surface area contributed by atoms with Gasteiger partial charge >= 0.3 is 0 Å². The number of amides is 2. The molecule has 0 spiro atoms. The van der Waals surface area contributed by atoms with Gasteiger partial charge in [-0.25, -0.2) is 0 Å². The lowest BCUT2D eigenvalue weighted by Crippen LogP contribution is -2.31. The van der Waals surface area contributed by atoms with Crippen molar-refractivity contribution in [2.24, 2.45) is 7.05 Å². The van der Waals surface area contributed by atoms with Crippen LogP contribution in [0, 0.1) is 6.92 Å². The average molecular weight is 378 g/mol. The zero-order valence-electron chi connectivity index (χ0n) is 15.1. The average Bonchev–Trinajstić information content (AvgIpc) is 3.29. The van der Waals surface area contributed by atoms with Crippen LogP contribution in [0.3, 0.4) is 0 Å². The molecule has 3 N–H and O–H groups in total. The molecule has 1 heterocycles. The normalized spacial score (nSPS) is 14.3. The van der Waals surface area contributed by atoms with Gasteiger partial charge < -0.3 is 16.0 Å². The summed E-state index contributed by atoms with van der Waals surface area (Å²) in [6.45, 7) is 1.90. The molecule has 1 aromatic heterocycles. The zero-order valence-corrected chi connectivity index (χ0v) is 15.9. The zero-order chi connectivity index (χ0) is 18.0. The van der Waals surface area contributed by atoms with E-state index in [4.69, 9.17) is 0 Å². The first kappa shape index (κ1) is 19.9. The summed E-state index contributed by atoms with van der Waals surface area (Å²) in [5.74, 6) is -0.297. The van der Waals surface area contributed by atoms with Crippen molar-refractivity contribution < 1.29 is 9.59 Å². The first-order chi connectivity index (χ1) is 12.0. The molecule has 0 radical (unpaired) electrons. The Morgan fingerprint density at radius 3 is 2.62 bits per heavy atom. The van der Waals surface area contributed by atoms with Gasteiger partial charge in [-0.2, -0.15) is 5.10 Å². The van der Waals surface area contributed by atoms with Crippen molar-refractivity contribution in [3.05, 3.63) is 47.3 Å². The van der Waals surface area contributed by atoms with Gasteiger partial charge in [-0.1, -0.05) is 6.07 Å². The van der Waals surface area contributed by atoms with Crippen LogP contribution >= 0.6 is 12.4 Å². The van der Waals surface area contributed by atoms with Crippen LogP contribution in [0.4, 0.5) is 5.69 Å². The van der Waals surface area contributed by atoms with Crippen LogP contribution in [0.5, 0.6) is 0 Å². The Morgan fingerprint density at radius 1 is 1.31 bits per heavy atom. The number of benzene rings is 1. The summed E-state index contributed by atoms with van der Waals surface area (Å²) in [6, 6.07) is 5.12. The predicted molar refractivity (Wildman–Crippen MR) is 103 cm³/mol. The van der Waals surface area contributed by atoms with E-state index in [-0.39, 0.29) is 24.2 Å². The SMILES string of the molecule is CNC(C(=O)Nc1cc(C(=O)NC2CC2)ccc1C)c1cnn(C)c1.Cl. The van der Waals surface area contributed by atoms with E-state index in [0.29, 0.717) is 17.3 Å². The molecule has 2 amide bonds. The van der Waals surface area contributed by atoms with Gasteiger partial charge in [0.25, 0.3) is 5.91 Å². The molecule has 1 fully saturated rings. The highest BCUT2D eigenvalue weighted by atomic mass is 35.5. The number of aromatic nitrogens is 2. The number of rotatable bonds is 6. The Bertz CT molecular complexity index is 801. The van der Waals surface area contributed by atoms with Gasteiger partial charge in [-0.15, -0.1) is 12.4 Å². The maximum absolute atomic E-state index is 12.7. The van der Waals surface area contributed by atoms with Crippen molar-refractivity contribution in [1.29, 1.82) is 0 Å². The minimum atomic E-state index is -0.517. The number of anilines is 1. The molecule has 1 aliphatic carbocycles. The fourth-order valence-electron chi connectivity index (χ4n) is 2.64. The second-order valence-corrected chi connectivity index (χ2v) is 6.44. The molecule has 1 unspecified atom stereocenters. The minimum Gasteiger partial charge on any atom is -0.349 e. The van der Waals surface area contributed by atoms with Crippen LogP contribution in [-0.4, -0.2) is 34.7 Å². The monoisotopic (exact) mass is 377 g/mol. The van der Waals surface area contributed by atoms with E-state index in [2.05, 4.69) is 21.0 Å². The molecule has 7 nitrogen and oxygen atoms in total. The van der Waals surface area contributed by atoms with Crippen LogP contribution in [0.1, 0.15) is 40.4 Å². The second-order valence-electron chi connectivity index (χ2n) is 6.44. The quantitative estimate of drug-likeness (QED) is 0.717. The Labute approximate surface area is 159 Å². The molecule has 3 rings (SSSR count). The lowest BCUT2D eigenvalue weighted by molar-refractivity contribution is -0.118. The molecule has 26 heavy (non-hydrogen) atoms. The van der Waals surface area contributed by atoms with E-state index in [1.807, 2.05) is 13.0 Å². The standard InChI is InChI=1S/C18H23N5O2.ClH/c1-11-4-5-12(17(24)21-14-6-7-14)8-15(11)22-18(25)16(19-2)13-9-20-23(3)10-13;/h4-5,8-10,14,16,19H,6-7H2,1-3H3,(H,21,24)(H,22,25);1H. The third-order valence-corrected chi connectivity index (χ3v) is 4.28. The van der Waals surface area contributed by atoms with E-state index >= 15 is 0 Å². The van der Waals surface area contributed by atoms with Crippen molar-refractivity contribution in [2.45, 2.75) is 31.8 Å².